The van der Waals surface area contributed by atoms with Gasteiger partial charge < -0.3 is 19.5 Å². The van der Waals surface area contributed by atoms with Gasteiger partial charge in [0.25, 0.3) is 0 Å². The minimum atomic E-state index is -0.513. The number of benzene rings is 2. The van der Waals surface area contributed by atoms with Crippen molar-refractivity contribution in [2.45, 2.75) is 6.54 Å². The summed E-state index contributed by atoms with van der Waals surface area (Å²) in [5, 5.41) is 3.07. The number of nitrogens with zero attached hydrogens (tertiary/aromatic N) is 2. The molecule has 0 atom stereocenters. The van der Waals surface area contributed by atoms with E-state index < -0.39 is 5.82 Å². The number of para-hydroxylation sites is 2. The first-order chi connectivity index (χ1) is 12.2. The van der Waals surface area contributed by atoms with E-state index in [1.54, 1.807) is 12.3 Å². The van der Waals surface area contributed by atoms with Crippen molar-refractivity contribution in [3.05, 3.63) is 47.9 Å². The molecule has 3 rings (SSSR count). The Hall–Kier alpha value is -3.09. The highest BCUT2D eigenvalue weighted by atomic mass is 19.1. The van der Waals surface area contributed by atoms with E-state index in [1.165, 1.54) is 21.3 Å². The molecule has 0 unspecified atom stereocenters. The largest absolute Gasteiger partial charge is 0.493 e. The van der Waals surface area contributed by atoms with E-state index in [2.05, 4.69) is 15.3 Å². The molecule has 6 nitrogen and oxygen atoms in total. The second-order valence-corrected chi connectivity index (χ2v) is 5.22. The highest BCUT2D eigenvalue weighted by molar-refractivity contribution is 5.75. The van der Waals surface area contributed by atoms with Gasteiger partial charge in [0.1, 0.15) is 5.82 Å². The predicted octanol–water partition coefficient (Wildman–Crippen LogP) is 3.41. The Morgan fingerprint density at radius 3 is 2.40 bits per heavy atom. The van der Waals surface area contributed by atoms with Crippen LogP contribution in [0.1, 0.15) is 5.56 Å². The summed E-state index contributed by atoms with van der Waals surface area (Å²) in [5.41, 5.74) is 1.93. The molecule has 0 fully saturated rings. The third-order valence-corrected chi connectivity index (χ3v) is 3.75. The van der Waals surface area contributed by atoms with Gasteiger partial charge >= 0.3 is 0 Å². The maximum Gasteiger partial charge on any atom is 0.206 e. The lowest BCUT2D eigenvalue weighted by Gasteiger charge is -2.16. The van der Waals surface area contributed by atoms with Gasteiger partial charge in [-0.2, -0.15) is 0 Å². The van der Waals surface area contributed by atoms with E-state index in [-0.39, 0.29) is 18.0 Å². The van der Waals surface area contributed by atoms with Crippen molar-refractivity contribution in [2.24, 2.45) is 0 Å². The van der Waals surface area contributed by atoms with Crippen molar-refractivity contribution in [3.8, 4) is 17.2 Å². The minimum absolute atomic E-state index is 0.00301. The molecule has 3 aromatic rings. The number of hydrogen-bond acceptors (Lipinski definition) is 6. The maximum absolute atomic E-state index is 14.7. The Labute approximate surface area is 144 Å². The molecule has 1 N–H and O–H groups in total. The highest BCUT2D eigenvalue weighted by Crippen LogP contribution is 2.41. The second-order valence-electron chi connectivity index (χ2n) is 5.22. The Balaban J connectivity index is 1.89. The molecule has 0 amide bonds. The van der Waals surface area contributed by atoms with E-state index in [9.17, 15) is 4.39 Å². The van der Waals surface area contributed by atoms with Gasteiger partial charge in [0.15, 0.2) is 11.6 Å². The fraction of sp³-hybridized carbons (Fsp3) is 0.222. The second kappa shape index (κ2) is 7.21. The van der Waals surface area contributed by atoms with Gasteiger partial charge in [-0.15, -0.1) is 0 Å². The quantitative estimate of drug-likeness (QED) is 0.740. The monoisotopic (exact) mass is 343 g/mol. The molecule has 7 heteroatoms. The minimum Gasteiger partial charge on any atom is -0.493 e. The SMILES string of the molecule is COc1cc(CNc2cnc3ccccc3n2)c(F)c(OC)c1OC. The van der Waals surface area contributed by atoms with Crippen molar-refractivity contribution in [3.63, 3.8) is 0 Å². The average molecular weight is 343 g/mol. The fourth-order valence-corrected chi connectivity index (χ4v) is 2.53. The first-order valence-corrected chi connectivity index (χ1v) is 7.61. The molecular formula is C18H18FN3O3. The van der Waals surface area contributed by atoms with Crippen LogP contribution in [0.3, 0.4) is 0 Å². The molecule has 0 aliphatic carbocycles. The Kier molecular flexibility index (Phi) is 4.83. The lowest BCUT2D eigenvalue weighted by atomic mass is 10.1. The first-order valence-electron chi connectivity index (χ1n) is 7.61. The lowest BCUT2D eigenvalue weighted by Crippen LogP contribution is -2.07. The van der Waals surface area contributed by atoms with E-state index in [0.29, 0.717) is 17.1 Å². The molecule has 25 heavy (non-hydrogen) atoms. The first kappa shape index (κ1) is 16.8. The topological polar surface area (TPSA) is 65.5 Å². The van der Waals surface area contributed by atoms with Crippen molar-refractivity contribution in [1.29, 1.82) is 0 Å². The van der Waals surface area contributed by atoms with Crippen LogP contribution < -0.4 is 19.5 Å². The Bertz CT molecular complexity index is 902. The van der Waals surface area contributed by atoms with Gasteiger partial charge in [-0.1, -0.05) is 12.1 Å². The summed E-state index contributed by atoms with van der Waals surface area (Å²) in [5.74, 6) is 0.649. The van der Waals surface area contributed by atoms with Gasteiger partial charge in [-0.25, -0.2) is 9.37 Å². The molecule has 2 aromatic carbocycles. The van der Waals surface area contributed by atoms with E-state index in [1.807, 2.05) is 24.3 Å². The third-order valence-electron chi connectivity index (χ3n) is 3.75. The summed E-state index contributed by atoms with van der Waals surface area (Å²) in [6.07, 6.45) is 1.61. The summed E-state index contributed by atoms with van der Waals surface area (Å²) >= 11 is 0. The van der Waals surface area contributed by atoms with Crippen LogP contribution in [0.4, 0.5) is 10.2 Å². The highest BCUT2D eigenvalue weighted by Gasteiger charge is 2.20. The third kappa shape index (κ3) is 3.26. The van der Waals surface area contributed by atoms with Crippen molar-refractivity contribution >= 4 is 16.9 Å². The van der Waals surface area contributed by atoms with Crippen LogP contribution in [0.2, 0.25) is 0 Å². The average Bonchev–Trinajstić information content (AvgIpc) is 2.66. The molecular weight excluding hydrogens is 325 g/mol. The van der Waals surface area contributed by atoms with Crippen LogP contribution in [0, 0.1) is 5.82 Å². The number of fused-ring (bicyclic) bond motifs is 1. The van der Waals surface area contributed by atoms with Gasteiger partial charge in [0.05, 0.1) is 38.6 Å². The lowest BCUT2D eigenvalue weighted by molar-refractivity contribution is 0.311. The zero-order valence-corrected chi connectivity index (χ0v) is 14.2. The summed E-state index contributed by atoms with van der Waals surface area (Å²) < 4.78 is 30.2. The zero-order chi connectivity index (χ0) is 17.8. The Morgan fingerprint density at radius 1 is 1.00 bits per heavy atom. The zero-order valence-electron chi connectivity index (χ0n) is 14.2. The standard InChI is InChI=1S/C18H18FN3O3/c1-23-14-8-11(16(19)18(25-3)17(14)24-2)9-21-15-10-20-12-6-4-5-7-13(12)22-15/h4-8,10H,9H2,1-3H3,(H,21,22). The van der Waals surface area contributed by atoms with Crippen molar-refractivity contribution in [1.82, 2.24) is 9.97 Å². The Morgan fingerprint density at radius 2 is 1.72 bits per heavy atom. The molecule has 0 aliphatic rings. The summed E-state index contributed by atoms with van der Waals surface area (Å²) in [4.78, 5) is 8.78. The van der Waals surface area contributed by atoms with Crippen LogP contribution in [0.25, 0.3) is 11.0 Å². The number of nitrogens with one attached hydrogen (secondary N) is 1. The maximum atomic E-state index is 14.7. The number of methoxy groups -OCH3 is 3. The number of ether oxygens (including phenoxy) is 3. The molecule has 130 valence electrons. The molecule has 0 radical (unpaired) electrons. The summed E-state index contributed by atoms with van der Waals surface area (Å²) in [7, 11) is 4.30. The molecule has 0 aliphatic heterocycles. The number of aromatic nitrogens is 2. The normalized spacial score (nSPS) is 10.6. The molecule has 0 bridgehead atoms. The fourth-order valence-electron chi connectivity index (χ4n) is 2.53. The molecule has 0 saturated carbocycles. The number of halogens is 1. The van der Waals surface area contributed by atoms with Crippen LogP contribution >= 0.6 is 0 Å². The molecule has 0 saturated heterocycles. The number of rotatable bonds is 6. The number of anilines is 1. The van der Waals surface area contributed by atoms with Gasteiger partial charge in [0.2, 0.25) is 11.5 Å². The summed E-state index contributed by atoms with van der Waals surface area (Å²) in [6.45, 7) is 0.190. The van der Waals surface area contributed by atoms with Gasteiger partial charge in [-0.05, 0) is 18.2 Å². The smallest absolute Gasteiger partial charge is 0.206 e. The van der Waals surface area contributed by atoms with E-state index >= 15 is 0 Å². The predicted molar refractivity (Wildman–Crippen MR) is 92.9 cm³/mol. The van der Waals surface area contributed by atoms with Crippen LogP contribution in [-0.2, 0) is 6.54 Å². The van der Waals surface area contributed by atoms with Gasteiger partial charge in [-0.3, -0.25) is 4.98 Å². The van der Waals surface area contributed by atoms with Crippen molar-refractivity contribution in [2.75, 3.05) is 26.6 Å². The van der Waals surface area contributed by atoms with Gasteiger partial charge in [0, 0.05) is 12.1 Å². The van der Waals surface area contributed by atoms with Crippen LogP contribution in [-0.4, -0.2) is 31.3 Å². The molecule has 1 heterocycles. The van der Waals surface area contributed by atoms with Crippen molar-refractivity contribution < 1.29 is 18.6 Å². The molecule has 0 spiro atoms. The number of hydrogen-bond donors (Lipinski definition) is 1. The van der Waals surface area contributed by atoms with Crippen LogP contribution in [0.15, 0.2) is 36.5 Å². The van der Waals surface area contributed by atoms with Crippen LogP contribution in [0.5, 0.6) is 17.2 Å². The van der Waals surface area contributed by atoms with E-state index in [0.717, 1.165) is 11.0 Å². The van der Waals surface area contributed by atoms with E-state index in [4.69, 9.17) is 14.2 Å². The molecule has 1 aromatic heterocycles. The summed E-state index contributed by atoms with van der Waals surface area (Å²) in [6, 6.07) is 9.10.